The molecule has 0 aliphatic carbocycles. The average Bonchev–Trinajstić information content (AvgIpc) is 2.57. The molecule has 0 amide bonds. The maximum absolute atomic E-state index is 9.38. The number of phenols is 1. The molecule has 0 atom stereocenters. The number of hydrazine groups is 1. The number of rotatable bonds is 1. The maximum atomic E-state index is 9.38. The van der Waals surface area contributed by atoms with Crippen molar-refractivity contribution < 1.29 is 9.94 Å². The van der Waals surface area contributed by atoms with Crippen LogP contribution in [-0.2, 0) is 4.84 Å². The summed E-state index contributed by atoms with van der Waals surface area (Å²) >= 11 is 0. The number of para-hydroxylation sites is 2. The van der Waals surface area contributed by atoms with Crippen LogP contribution in [0.2, 0.25) is 0 Å². The largest absolute Gasteiger partial charge is 0.506 e. The fraction of sp³-hybridized carbons (Fsp3) is 0. The summed E-state index contributed by atoms with van der Waals surface area (Å²) in [5.74, 6) is 0.175. The van der Waals surface area contributed by atoms with Crippen LogP contribution >= 0.6 is 0 Å². The molecular weight excluding hydrogens is 156 g/mol. The van der Waals surface area contributed by atoms with Crippen molar-refractivity contribution in [1.29, 1.82) is 0 Å². The molecule has 1 aromatic carbocycles. The van der Waals surface area contributed by atoms with Crippen molar-refractivity contribution >= 4 is 5.69 Å². The second kappa shape index (κ2) is 2.65. The van der Waals surface area contributed by atoms with Gasteiger partial charge in [0.2, 0.25) is 0 Å². The molecule has 0 spiro atoms. The zero-order valence-corrected chi connectivity index (χ0v) is 6.27. The first-order valence-electron chi connectivity index (χ1n) is 3.54. The Balaban J connectivity index is 2.27. The quantitative estimate of drug-likeness (QED) is 0.652. The number of phenolic OH excluding ortho intramolecular Hbond substituents is 1. The fourth-order valence-electron chi connectivity index (χ4n) is 0.982. The van der Waals surface area contributed by atoms with Crippen LogP contribution in [0.1, 0.15) is 0 Å². The number of hydrogen-bond donors (Lipinski definition) is 2. The van der Waals surface area contributed by atoms with Crippen molar-refractivity contribution in [3.8, 4) is 5.75 Å². The first-order valence-corrected chi connectivity index (χ1v) is 3.54. The van der Waals surface area contributed by atoms with Crippen LogP contribution in [-0.4, -0.2) is 5.11 Å². The van der Waals surface area contributed by atoms with Gasteiger partial charge in [0.1, 0.15) is 17.7 Å². The Labute approximate surface area is 69.6 Å². The Morgan fingerprint density at radius 2 is 2.17 bits per heavy atom. The van der Waals surface area contributed by atoms with Gasteiger partial charge in [-0.05, 0) is 12.1 Å². The summed E-state index contributed by atoms with van der Waals surface area (Å²) in [6.07, 6.45) is 3.12. The minimum atomic E-state index is 0.175. The third-order valence-corrected chi connectivity index (χ3v) is 1.53. The number of hydrogen-bond acceptors (Lipinski definition) is 4. The van der Waals surface area contributed by atoms with Crippen molar-refractivity contribution in [2.45, 2.75) is 0 Å². The molecule has 2 rings (SSSR count). The second-order valence-electron chi connectivity index (χ2n) is 2.32. The van der Waals surface area contributed by atoms with E-state index in [2.05, 4.69) is 5.43 Å². The summed E-state index contributed by atoms with van der Waals surface area (Å²) in [6.45, 7) is 0. The van der Waals surface area contributed by atoms with Crippen LogP contribution in [0.4, 0.5) is 5.69 Å². The van der Waals surface area contributed by atoms with Crippen LogP contribution in [0.5, 0.6) is 5.75 Å². The molecular formula is C8H8N2O2. The highest BCUT2D eigenvalue weighted by Crippen LogP contribution is 2.26. The van der Waals surface area contributed by atoms with Crippen molar-refractivity contribution in [1.82, 2.24) is 5.43 Å². The molecule has 0 fully saturated rings. The van der Waals surface area contributed by atoms with Gasteiger partial charge in [0, 0.05) is 0 Å². The molecule has 1 aliphatic heterocycles. The number of anilines is 1. The highest BCUT2D eigenvalue weighted by atomic mass is 16.7. The molecule has 0 saturated heterocycles. The predicted molar refractivity (Wildman–Crippen MR) is 43.9 cm³/mol. The number of nitrogens with one attached hydrogen (secondary N) is 1. The lowest BCUT2D eigenvalue weighted by atomic mass is 10.3. The van der Waals surface area contributed by atoms with Gasteiger partial charge in [-0.25, -0.2) is 0 Å². The molecule has 4 nitrogen and oxygen atoms in total. The Hall–Kier alpha value is -1.84. The van der Waals surface area contributed by atoms with Crippen molar-refractivity contribution in [2.75, 3.05) is 5.17 Å². The molecule has 0 bridgehead atoms. The third kappa shape index (κ3) is 1.03. The first kappa shape index (κ1) is 6.84. The van der Waals surface area contributed by atoms with E-state index >= 15 is 0 Å². The molecule has 0 radical (unpaired) electrons. The molecule has 1 heterocycles. The summed E-state index contributed by atoms with van der Waals surface area (Å²) in [5.41, 5.74) is 3.37. The fourth-order valence-corrected chi connectivity index (χ4v) is 0.982. The van der Waals surface area contributed by atoms with E-state index in [1.807, 2.05) is 6.07 Å². The molecule has 0 aromatic heterocycles. The van der Waals surface area contributed by atoms with Crippen LogP contribution in [0.25, 0.3) is 0 Å². The van der Waals surface area contributed by atoms with Crippen molar-refractivity contribution in [2.24, 2.45) is 0 Å². The standard InChI is InChI=1S/C8H8N2O2/c11-8-4-2-1-3-7(8)10-9-5-6-12-10/h1-6,9,11H. The van der Waals surface area contributed by atoms with E-state index in [9.17, 15) is 5.11 Å². The van der Waals surface area contributed by atoms with E-state index < -0.39 is 0 Å². The Kier molecular flexibility index (Phi) is 1.51. The lowest BCUT2D eigenvalue weighted by Gasteiger charge is -2.16. The highest BCUT2D eigenvalue weighted by Gasteiger charge is 2.11. The molecule has 12 heavy (non-hydrogen) atoms. The average molecular weight is 164 g/mol. The minimum Gasteiger partial charge on any atom is -0.506 e. The number of benzene rings is 1. The zero-order valence-electron chi connectivity index (χ0n) is 6.27. The SMILES string of the molecule is Oc1ccccc1N1NC=CO1. The van der Waals surface area contributed by atoms with Crippen molar-refractivity contribution in [3.05, 3.63) is 36.7 Å². The van der Waals surface area contributed by atoms with Gasteiger partial charge in [0.05, 0.1) is 6.20 Å². The lowest BCUT2D eigenvalue weighted by Crippen LogP contribution is -2.27. The molecule has 4 heteroatoms. The molecule has 1 aromatic rings. The van der Waals surface area contributed by atoms with E-state index in [0.717, 1.165) is 0 Å². The van der Waals surface area contributed by atoms with Gasteiger partial charge >= 0.3 is 0 Å². The number of aromatic hydroxyl groups is 1. The Morgan fingerprint density at radius 3 is 2.83 bits per heavy atom. The van der Waals surface area contributed by atoms with Crippen LogP contribution in [0, 0.1) is 0 Å². The van der Waals surface area contributed by atoms with Gasteiger partial charge in [0.15, 0.2) is 0 Å². The lowest BCUT2D eigenvalue weighted by molar-refractivity contribution is 0.219. The Bertz CT molecular complexity index is 304. The van der Waals surface area contributed by atoms with Gasteiger partial charge in [-0.3, -0.25) is 5.43 Å². The summed E-state index contributed by atoms with van der Waals surface area (Å²) in [7, 11) is 0. The van der Waals surface area contributed by atoms with E-state index in [-0.39, 0.29) is 5.75 Å². The summed E-state index contributed by atoms with van der Waals surface area (Å²) < 4.78 is 0. The third-order valence-electron chi connectivity index (χ3n) is 1.53. The van der Waals surface area contributed by atoms with E-state index in [4.69, 9.17) is 4.84 Å². The molecule has 62 valence electrons. The van der Waals surface area contributed by atoms with Crippen LogP contribution in [0.3, 0.4) is 0 Å². The monoisotopic (exact) mass is 164 g/mol. The molecule has 2 N–H and O–H groups in total. The van der Waals surface area contributed by atoms with Gasteiger partial charge in [0.25, 0.3) is 0 Å². The predicted octanol–water partition coefficient (Wildman–Crippen LogP) is 1.12. The first-order chi connectivity index (χ1) is 5.88. The molecule has 0 unspecified atom stereocenters. The van der Waals surface area contributed by atoms with Crippen LogP contribution in [0.15, 0.2) is 36.7 Å². The van der Waals surface area contributed by atoms with E-state index in [1.165, 1.54) is 11.4 Å². The van der Waals surface area contributed by atoms with E-state index in [0.29, 0.717) is 5.69 Å². The highest BCUT2D eigenvalue weighted by molar-refractivity contribution is 5.55. The Morgan fingerprint density at radius 1 is 1.33 bits per heavy atom. The van der Waals surface area contributed by atoms with Gasteiger partial charge in [-0.2, -0.15) is 0 Å². The topological polar surface area (TPSA) is 44.7 Å². The minimum absolute atomic E-state index is 0.175. The normalized spacial score (nSPS) is 14.2. The summed E-state index contributed by atoms with van der Waals surface area (Å²) in [4.78, 5) is 5.00. The van der Waals surface area contributed by atoms with E-state index in [1.54, 1.807) is 24.4 Å². The summed E-state index contributed by atoms with van der Waals surface area (Å²) in [6, 6.07) is 6.91. The van der Waals surface area contributed by atoms with Gasteiger partial charge in [-0.15, -0.1) is 5.17 Å². The molecule has 1 aliphatic rings. The zero-order chi connectivity index (χ0) is 8.39. The maximum Gasteiger partial charge on any atom is 0.144 e. The summed E-state index contributed by atoms with van der Waals surface area (Å²) in [5, 5.41) is 10.8. The number of nitrogens with zero attached hydrogens (tertiary/aromatic N) is 1. The van der Waals surface area contributed by atoms with Gasteiger partial charge < -0.3 is 9.94 Å². The van der Waals surface area contributed by atoms with Crippen molar-refractivity contribution in [3.63, 3.8) is 0 Å². The molecule has 0 saturated carbocycles. The second-order valence-corrected chi connectivity index (χ2v) is 2.32. The van der Waals surface area contributed by atoms with Gasteiger partial charge in [-0.1, -0.05) is 12.1 Å². The van der Waals surface area contributed by atoms with Crippen LogP contribution < -0.4 is 10.6 Å². The smallest absolute Gasteiger partial charge is 0.144 e.